The molecule has 0 aliphatic rings. The number of hydrogen-bond donors (Lipinski definition) is 1. The molecule has 1 aromatic heterocycles. The molecule has 2 N–H and O–H groups in total. The van der Waals surface area contributed by atoms with Crippen LogP contribution in [0, 0.1) is 22.7 Å². The lowest BCUT2D eigenvalue weighted by atomic mass is 10.4. The van der Waals surface area contributed by atoms with Gasteiger partial charge in [-0.2, -0.15) is 10.5 Å². The van der Waals surface area contributed by atoms with Crippen LogP contribution in [-0.4, -0.2) is 15.2 Å². The molecule has 5 nitrogen and oxygen atoms in total. The minimum Gasteiger partial charge on any atom is -0.381 e. The molecule has 0 amide bonds. The van der Waals surface area contributed by atoms with Gasteiger partial charge < -0.3 is 5.73 Å². The second-order valence-electron chi connectivity index (χ2n) is 3.00. The van der Waals surface area contributed by atoms with Crippen LogP contribution >= 0.6 is 11.8 Å². The first kappa shape index (κ1) is 11.3. The Morgan fingerprint density at radius 2 is 1.80 bits per heavy atom. The number of thioether (sulfide) groups is 1. The molecule has 0 atom stereocenters. The SMILES string of the molecule is CC(C)Sc1nc(N)c(C#N)nc1C#N. The van der Waals surface area contributed by atoms with E-state index in [2.05, 4.69) is 9.97 Å². The van der Waals surface area contributed by atoms with Gasteiger partial charge in [0.1, 0.15) is 17.2 Å². The van der Waals surface area contributed by atoms with Gasteiger partial charge in [-0.1, -0.05) is 13.8 Å². The lowest BCUT2D eigenvalue weighted by Crippen LogP contribution is -2.04. The van der Waals surface area contributed by atoms with Crippen LogP contribution < -0.4 is 5.73 Å². The van der Waals surface area contributed by atoms with Crippen molar-refractivity contribution in [2.24, 2.45) is 0 Å². The lowest BCUT2D eigenvalue weighted by Gasteiger charge is -2.06. The molecule has 1 aromatic rings. The molecule has 0 saturated carbocycles. The molecule has 0 aromatic carbocycles. The highest BCUT2D eigenvalue weighted by Gasteiger charge is 2.12. The number of nitrogen functional groups attached to an aromatic ring is 1. The van der Waals surface area contributed by atoms with Gasteiger partial charge in [0.05, 0.1) is 0 Å². The monoisotopic (exact) mass is 219 g/mol. The minimum atomic E-state index is -0.000318. The van der Waals surface area contributed by atoms with Gasteiger partial charge in [-0.25, -0.2) is 9.97 Å². The predicted octanol–water partition coefficient (Wildman–Crippen LogP) is 1.30. The van der Waals surface area contributed by atoms with Crippen molar-refractivity contribution in [2.45, 2.75) is 24.1 Å². The molecule has 0 unspecified atom stereocenters. The molecule has 15 heavy (non-hydrogen) atoms. The van der Waals surface area contributed by atoms with E-state index < -0.39 is 0 Å². The molecule has 0 aliphatic heterocycles. The van der Waals surface area contributed by atoms with Gasteiger partial charge in [0.15, 0.2) is 17.2 Å². The summed E-state index contributed by atoms with van der Waals surface area (Å²) in [7, 11) is 0. The van der Waals surface area contributed by atoms with Crippen LogP contribution in [0.2, 0.25) is 0 Å². The molecule has 1 heterocycles. The molecule has 76 valence electrons. The van der Waals surface area contributed by atoms with Gasteiger partial charge in [-0.05, 0) is 0 Å². The summed E-state index contributed by atoms with van der Waals surface area (Å²) in [4.78, 5) is 7.82. The summed E-state index contributed by atoms with van der Waals surface area (Å²) in [6.45, 7) is 3.95. The summed E-state index contributed by atoms with van der Waals surface area (Å²) in [5, 5.41) is 18.2. The molecule has 0 saturated heterocycles. The van der Waals surface area contributed by atoms with Crippen molar-refractivity contribution >= 4 is 17.6 Å². The van der Waals surface area contributed by atoms with E-state index in [0.29, 0.717) is 5.03 Å². The third kappa shape index (κ3) is 2.58. The van der Waals surface area contributed by atoms with E-state index in [0.717, 1.165) is 0 Å². The number of nitrogens with two attached hydrogens (primary N) is 1. The number of nitrogens with zero attached hydrogens (tertiary/aromatic N) is 4. The van der Waals surface area contributed by atoms with Crippen LogP contribution in [-0.2, 0) is 0 Å². The van der Waals surface area contributed by atoms with Crippen molar-refractivity contribution in [1.82, 2.24) is 9.97 Å². The molecule has 6 heteroatoms. The maximum absolute atomic E-state index is 8.83. The maximum Gasteiger partial charge on any atom is 0.184 e. The Balaban J connectivity index is 3.24. The topological polar surface area (TPSA) is 99.4 Å². The fraction of sp³-hybridized carbons (Fsp3) is 0.333. The molecule has 0 fully saturated rings. The average molecular weight is 219 g/mol. The first-order chi connectivity index (χ1) is 7.08. The van der Waals surface area contributed by atoms with Crippen molar-refractivity contribution in [3.63, 3.8) is 0 Å². The highest BCUT2D eigenvalue weighted by atomic mass is 32.2. The summed E-state index contributed by atoms with van der Waals surface area (Å²) in [6.07, 6.45) is 0. The largest absolute Gasteiger partial charge is 0.381 e. The molecular weight excluding hydrogens is 210 g/mol. The molecular formula is C9H9N5S. The lowest BCUT2D eigenvalue weighted by molar-refractivity contribution is 1.00. The highest BCUT2D eigenvalue weighted by molar-refractivity contribution is 7.99. The number of anilines is 1. The van der Waals surface area contributed by atoms with Gasteiger partial charge in [-0.3, -0.25) is 0 Å². The van der Waals surface area contributed by atoms with Crippen LogP contribution in [0.1, 0.15) is 25.2 Å². The molecule has 0 spiro atoms. The van der Waals surface area contributed by atoms with E-state index in [9.17, 15) is 0 Å². The van der Waals surface area contributed by atoms with E-state index in [1.54, 1.807) is 6.07 Å². The van der Waals surface area contributed by atoms with Crippen LogP contribution in [0.25, 0.3) is 0 Å². The van der Waals surface area contributed by atoms with E-state index >= 15 is 0 Å². The third-order valence-corrected chi connectivity index (χ3v) is 2.43. The van der Waals surface area contributed by atoms with Gasteiger partial charge in [0, 0.05) is 5.25 Å². The highest BCUT2D eigenvalue weighted by Crippen LogP contribution is 2.24. The van der Waals surface area contributed by atoms with Gasteiger partial charge >= 0.3 is 0 Å². The van der Waals surface area contributed by atoms with Crippen LogP contribution in [0.15, 0.2) is 5.03 Å². The van der Waals surface area contributed by atoms with Crippen molar-refractivity contribution < 1.29 is 0 Å². The second-order valence-corrected chi connectivity index (χ2v) is 4.57. The second kappa shape index (κ2) is 4.63. The fourth-order valence-electron chi connectivity index (χ4n) is 0.893. The zero-order valence-electron chi connectivity index (χ0n) is 8.35. The number of aromatic nitrogens is 2. The third-order valence-electron chi connectivity index (χ3n) is 1.45. The minimum absolute atomic E-state index is 0.000318. The molecule has 0 bridgehead atoms. The van der Waals surface area contributed by atoms with Crippen molar-refractivity contribution in [2.75, 3.05) is 5.73 Å². The fourth-order valence-corrected chi connectivity index (χ4v) is 1.69. The zero-order chi connectivity index (χ0) is 11.4. The smallest absolute Gasteiger partial charge is 0.184 e. The van der Waals surface area contributed by atoms with E-state index in [4.69, 9.17) is 16.3 Å². The summed E-state index contributed by atoms with van der Waals surface area (Å²) in [5.74, 6) is 0.0691. The van der Waals surface area contributed by atoms with Crippen LogP contribution in [0.5, 0.6) is 0 Å². The Kier molecular flexibility index (Phi) is 3.48. The summed E-state index contributed by atoms with van der Waals surface area (Å²) in [5.41, 5.74) is 5.66. The molecule has 0 aliphatic carbocycles. The molecule has 0 radical (unpaired) electrons. The quantitative estimate of drug-likeness (QED) is 0.752. The van der Waals surface area contributed by atoms with Crippen LogP contribution in [0.3, 0.4) is 0 Å². The number of nitriles is 2. The Morgan fingerprint density at radius 1 is 1.20 bits per heavy atom. The van der Waals surface area contributed by atoms with Gasteiger partial charge in [0.25, 0.3) is 0 Å². The predicted molar refractivity (Wildman–Crippen MR) is 56.9 cm³/mol. The Labute approximate surface area is 91.9 Å². The zero-order valence-corrected chi connectivity index (χ0v) is 9.17. The van der Waals surface area contributed by atoms with Gasteiger partial charge in [0.2, 0.25) is 0 Å². The van der Waals surface area contributed by atoms with E-state index in [1.165, 1.54) is 11.8 Å². The standard InChI is InChI=1S/C9H9N5S/c1-5(2)15-9-7(4-11)13-6(3-10)8(12)14-9/h5H,1-2H3,(H2,12,14). The van der Waals surface area contributed by atoms with E-state index in [-0.39, 0.29) is 22.5 Å². The summed E-state index contributed by atoms with van der Waals surface area (Å²) >= 11 is 1.40. The Hall–Kier alpha value is -1.79. The van der Waals surface area contributed by atoms with Crippen molar-refractivity contribution in [3.8, 4) is 12.1 Å². The van der Waals surface area contributed by atoms with Crippen molar-refractivity contribution in [1.29, 1.82) is 10.5 Å². The van der Waals surface area contributed by atoms with Crippen LogP contribution in [0.4, 0.5) is 5.82 Å². The Morgan fingerprint density at radius 3 is 2.27 bits per heavy atom. The summed E-state index contributed by atoms with van der Waals surface area (Å²) < 4.78 is 0. The van der Waals surface area contributed by atoms with Crippen molar-refractivity contribution in [3.05, 3.63) is 11.4 Å². The number of rotatable bonds is 2. The maximum atomic E-state index is 8.83. The number of hydrogen-bond acceptors (Lipinski definition) is 6. The Bertz CT molecular complexity index is 455. The first-order valence-corrected chi connectivity index (χ1v) is 5.10. The molecule has 1 rings (SSSR count). The van der Waals surface area contributed by atoms with Gasteiger partial charge in [-0.15, -0.1) is 11.8 Å². The van der Waals surface area contributed by atoms with E-state index in [1.807, 2.05) is 19.9 Å². The first-order valence-electron chi connectivity index (χ1n) is 4.22. The normalized spacial score (nSPS) is 9.67. The summed E-state index contributed by atoms with van der Waals surface area (Å²) in [6, 6.07) is 3.69. The average Bonchev–Trinajstić information content (AvgIpc) is 2.17.